The monoisotopic (exact) mass is 396 g/mol. The Bertz CT molecular complexity index is 923. The number of aryl methyl sites for hydroxylation is 2. The van der Waals surface area contributed by atoms with Gasteiger partial charge in [-0.1, -0.05) is 35.6 Å². The van der Waals surface area contributed by atoms with Gasteiger partial charge in [0.1, 0.15) is 17.6 Å². The molecule has 1 aromatic heterocycles. The van der Waals surface area contributed by atoms with Crippen LogP contribution in [-0.4, -0.2) is 42.8 Å². The van der Waals surface area contributed by atoms with Gasteiger partial charge in [-0.2, -0.15) is 0 Å². The molecule has 154 valence electrons. The number of hydrogen-bond donors (Lipinski definition) is 1. The van der Waals surface area contributed by atoms with Gasteiger partial charge in [0, 0.05) is 5.57 Å². The predicted octanol–water partition coefficient (Wildman–Crippen LogP) is 1.05. The molecule has 6 heteroatoms. The molecule has 6 nitrogen and oxygen atoms in total. The summed E-state index contributed by atoms with van der Waals surface area (Å²) < 4.78 is 5.76. The van der Waals surface area contributed by atoms with Crippen molar-refractivity contribution in [2.45, 2.75) is 33.7 Å². The first kappa shape index (κ1) is 20.9. The van der Waals surface area contributed by atoms with Crippen LogP contribution in [0.1, 0.15) is 42.5 Å². The van der Waals surface area contributed by atoms with E-state index in [2.05, 4.69) is 13.8 Å². The summed E-state index contributed by atoms with van der Waals surface area (Å²) in [4.78, 5) is 28.5. The van der Waals surface area contributed by atoms with Crippen molar-refractivity contribution in [1.82, 2.24) is 4.90 Å². The Morgan fingerprint density at radius 1 is 1.07 bits per heavy atom. The van der Waals surface area contributed by atoms with Crippen molar-refractivity contribution in [3.8, 4) is 0 Å². The summed E-state index contributed by atoms with van der Waals surface area (Å²) in [5, 5.41) is 13.2. The van der Waals surface area contributed by atoms with E-state index in [1.807, 2.05) is 19.1 Å². The first-order valence-corrected chi connectivity index (χ1v) is 10.1. The van der Waals surface area contributed by atoms with Crippen LogP contribution in [0.25, 0.3) is 5.76 Å². The van der Waals surface area contributed by atoms with Gasteiger partial charge >= 0.3 is 0 Å². The van der Waals surface area contributed by atoms with Gasteiger partial charge < -0.3 is 19.3 Å². The summed E-state index contributed by atoms with van der Waals surface area (Å²) >= 11 is 0. The lowest BCUT2D eigenvalue weighted by Crippen LogP contribution is -3.12. The Kier molecular flexibility index (Phi) is 6.23. The number of likely N-dealkylation sites (N-methyl/N-ethyl adjacent to an activating group) is 1. The molecule has 3 rings (SSSR count). The molecule has 1 atom stereocenters. The van der Waals surface area contributed by atoms with Crippen molar-refractivity contribution in [3.05, 3.63) is 64.6 Å². The van der Waals surface area contributed by atoms with Gasteiger partial charge in [0.05, 0.1) is 26.2 Å². The maximum absolute atomic E-state index is 13.2. The van der Waals surface area contributed by atoms with Crippen molar-refractivity contribution in [2.24, 2.45) is 0 Å². The zero-order valence-electron chi connectivity index (χ0n) is 17.5. The van der Waals surface area contributed by atoms with Gasteiger partial charge in [0.25, 0.3) is 5.91 Å². The summed E-state index contributed by atoms with van der Waals surface area (Å²) in [6.45, 7) is 10.8. The number of carbonyl (C=O) groups excluding carboxylic acids is 2. The Hall–Kier alpha value is -2.86. The van der Waals surface area contributed by atoms with Gasteiger partial charge in [-0.05, 0) is 45.4 Å². The van der Waals surface area contributed by atoms with E-state index in [9.17, 15) is 14.7 Å². The lowest BCUT2D eigenvalue weighted by atomic mass is 9.99. The molecular formula is C23H28N2O4. The lowest BCUT2D eigenvalue weighted by molar-refractivity contribution is -0.895. The second kappa shape index (κ2) is 8.66. The van der Waals surface area contributed by atoms with E-state index < -0.39 is 23.5 Å². The molecule has 1 aliphatic rings. The Morgan fingerprint density at radius 3 is 2.28 bits per heavy atom. The molecule has 1 fully saturated rings. The van der Waals surface area contributed by atoms with E-state index in [4.69, 9.17) is 4.42 Å². The Balaban J connectivity index is 2.06. The standard InChI is InChI=1S/C23H28N2O4/c1-5-24(6-2)13-14-25-20(18-12-9-16(4)29-18)19(22(27)23(25)28)21(26)17-10-7-15(3)8-11-17/h7-12,20,26H,5-6,13-14H2,1-4H3. The minimum absolute atomic E-state index is 0.0252. The van der Waals surface area contributed by atoms with E-state index in [0.717, 1.165) is 18.7 Å². The second-order valence-electron chi connectivity index (χ2n) is 7.49. The number of rotatable bonds is 7. The number of benzene rings is 1. The SMILES string of the molecule is CC[NH+](CC)CCN1C(=O)C(=O)C(=C([O-])c2ccc(C)cc2)C1c1ccc(C)o1. The molecule has 0 spiro atoms. The maximum atomic E-state index is 13.2. The number of ketones is 1. The van der Waals surface area contributed by atoms with E-state index in [-0.39, 0.29) is 5.57 Å². The van der Waals surface area contributed by atoms with Gasteiger partial charge in [-0.15, -0.1) is 0 Å². The molecule has 2 heterocycles. The van der Waals surface area contributed by atoms with Crippen LogP contribution in [0.3, 0.4) is 0 Å². The number of hydrogen-bond acceptors (Lipinski definition) is 4. The van der Waals surface area contributed by atoms with Crippen molar-refractivity contribution < 1.29 is 24.0 Å². The van der Waals surface area contributed by atoms with Gasteiger partial charge in [0.2, 0.25) is 5.78 Å². The van der Waals surface area contributed by atoms with E-state index in [0.29, 0.717) is 30.2 Å². The highest BCUT2D eigenvalue weighted by Crippen LogP contribution is 2.38. The third kappa shape index (κ3) is 4.12. The molecule has 1 saturated heterocycles. The van der Waals surface area contributed by atoms with Crippen molar-refractivity contribution >= 4 is 17.4 Å². The maximum Gasteiger partial charge on any atom is 0.295 e. The molecule has 0 bridgehead atoms. The fraction of sp³-hybridized carbons (Fsp3) is 0.391. The number of quaternary nitrogens is 1. The summed E-state index contributed by atoms with van der Waals surface area (Å²) in [6, 6.07) is 9.76. The number of carbonyl (C=O) groups is 2. The fourth-order valence-electron chi connectivity index (χ4n) is 3.74. The van der Waals surface area contributed by atoms with Gasteiger partial charge in [-0.25, -0.2) is 0 Å². The molecule has 1 unspecified atom stereocenters. The average molecular weight is 396 g/mol. The smallest absolute Gasteiger partial charge is 0.295 e. The van der Waals surface area contributed by atoms with E-state index >= 15 is 0 Å². The fourth-order valence-corrected chi connectivity index (χ4v) is 3.74. The van der Waals surface area contributed by atoms with Gasteiger partial charge in [-0.3, -0.25) is 9.59 Å². The van der Waals surface area contributed by atoms with Gasteiger partial charge in [0.15, 0.2) is 0 Å². The lowest BCUT2D eigenvalue weighted by Gasteiger charge is -2.27. The average Bonchev–Trinajstić information content (AvgIpc) is 3.24. The Labute approximate surface area is 171 Å². The van der Waals surface area contributed by atoms with Crippen LogP contribution >= 0.6 is 0 Å². The zero-order valence-corrected chi connectivity index (χ0v) is 17.5. The molecule has 2 aromatic rings. The molecule has 1 aromatic carbocycles. The van der Waals surface area contributed by atoms with Crippen LogP contribution < -0.4 is 10.0 Å². The first-order chi connectivity index (χ1) is 13.9. The summed E-state index contributed by atoms with van der Waals surface area (Å²) in [5.41, 5.74) is 1.39. The highest BCUT2D eigenvalue weighted by atomic mass is 16.3. The van der Waals surface area contributed by atoms with E-state index in [1.54, 1.807) is 31.2 Å². The van der Waals surface area contributed by atoms with Crippen LogP contribution in [0.2, 0.25) is 0 Å². The highest BCUT2D eigenvalue weighted by Gasteiger charge is 2.45. The third-order valence-electron chi connectivity index (χ3n) is 5.58. The summed E-state index contributed by atoms with van der Waals surface area (Å²) in [6.07, 6.45) is 0. The van der Waals surface area contributed by atoms with Crippen molar-refractivity contribution in [2.75, 3.05) is 26.2 Å². The second-order valence-corrected chi connectivity index (χ2v) is 7.49. The van der Waals surface area contributed by atoms with E-state index in [1.165, 1.54) is 9.80 Å². The van der Waals surface area contributed by atoms with Crippen LogP contribution in [0.5, 0.6) is 0 Å². The summed E-state index contributed by atoms with van der Waals surface area (Å²) in [5.74, 6) is -0.662. The number of Topliss-reactive ketones (excluding diaryl/α,β-unsaturated/α-hetero) is 1. The number of nitrogens with one attached hydrogen (secondary N) is 1. The van der Waals surface area contributed by atoms with Crippen LogP contribution in [0.4, 0.5) is 0 Å². The molecule has 1 aliphatic heterocycles. The first-order valence-electron chi connectivity index (χ1n) is 10.1. The molecule has 29 heavy (non-hydrogen) atoms. The largest absolute Gasteiger partial charge is 0.872 e. The van der Waals surface area contributed by atoms with Crippen LogP contribution in [0, 0.1) is 13.8 Å². The molecule has 0 aliphatic carbocycles. The van der Waals surface area contributed by atoms with Crippen molar-refractivity contribution in [3.63, 3.8) is 0 Å². The molecule has 1 amide bonds. The van der Waals surface area contributed by atoms with Crippen molar-refractivity contribution in [1.29, 1.82) is 0 Å². The Morgan fingerprint density at radius 2 is 1.72 bits per heavy atom. The molecule has 0 radical (unpaired) electrons. The molecular weight excluding hydrogens is 368 g/mol. The topological polar surface area (TPSA) is 78.0 Å². The predicted molar refractivity (Wildman–Crippen MR) is 108 cm³/mol. The quantitative estimate of drug-likeness (QED) is 0.431. The number of nitrogens with zero attached hydrogens (tertiary/aromatic N) is 1. The van der Waals surface area contributed by atoms with Crippen LogP contribution in [0.15, 0.2) is 46.4 Å². The summed E-state index contributed by atoms with van der Waals surface area (Å²) in [7, 11) is 0. The number of furan rings is 1. The minimum atomic E-state index is -0.785. The molecule has 0 saturated carbocycles. The molecule has 1 N–H and O–H groups in total. The zero-order chi connectivity index (χ0) is 21.1. The van der Waals surface area contributed by atoms with Crippen LogP contribution in [-0.2, 0) is 9.59 Å². The third-order valence-corrected chi connectivity index (χ3v) is 5.58. The highest BCUT2D eigenvalue weighted by molar-refractivity contribution is 6.46. The normalized spacial score (nSPS) is 18.8. The number of amides is 1. The number of likely N-dealkylation sites (tertiary alicyclic amines) is 1. The minimum Gasteiger partial charge on any atom is -0.872 e.